The van der Waals surface area contributed by atoms with Crippen LogP contribution < -0.4 is 0 Å². The molecule has 2 saturated carbocycles. The highest BCUT2D eigenvalue weighted by atomic mass is 32.2. The van der Waals surface area contributed by atoms with Crippen LogP contribution in [0.1, 0.15) is 44.9 Å². The minimum absolute atomic E-state index is 0.218. The molecular weight excluding hydrogens is 410 g/mol. The largest absolute Gasteiger partial charge is 0.462 e. The topological polar surface area (TPSA) is 171 Å². The Labute approximate surface area is 159 Å². The van der Waals surface area contributed by atoms with Crippen LogP contribution in [0, 0.1) is 5.41 Å². The monoisotopic (exact) mass is 434 g/mol. The van der Waals surface area contributed by atoms with Gasteiger partial charge in [0.2, 0.25) is 0 Å². The minimum atomic E-state index is -6.02. The fourth-order valence-electron chi connectivity index (χ4n) is 3.84. The quantitative estimate of drug-likeness (QED) is 0.191. The number of ether oxygens (including phenoxy) is 2. The first-order chi connectivity index (χ1) is 12.6. The van der Waals surface area contributed by atoms with Crippen molar-refractivity contribution in [2.24, 2.45) is 5.41 Å². The van der Waals surface area contributed by atoms with E-state index in [0.717, 1.165) is 0 Å². The minimum Gasteiger partial charge on any atom is -0.462 e. The van der Waals surface area contributed by atoms with Crippen LogP contribution in [0.3, 0.4) is 0 Å². The Hall–Kier alpha value is -0.960. The predicted molar refractivity (Wildman–Crippen MR) is 86.3 cm³/mol. The zero-order valence-corrected chi connectivity index (χ0v) is 15.7. The van der Waals surface area contributed by atoms with Crippen molar-refractivity contribution in [2.75, 3.05) is 13.2 Å². The van der Waals surface area contributed by atoms with Crippen LogP contribution in [0.15, 0.2) is 0 Å². The second-order valence-electron chi connectivity index (χ2n) is 7.55. The maximum absolute atomic E-state index is 13.4. The van der Waals surface area contributed by atoms with Crippen LogP contribution in [-0.4, -0.2) is 75.5 Å². The third-order valence-electron chi connectivity index (χ3n) is 5.30. The van der Waals surface area contributed by atoms with Gasteiger partial charge in [-0.2, -0.15) is 17.2 Å². The van der Waals surface area contributed by atoms with Crippen molar-refractivity contribution in [1.29, 1.82) is 0 Å². The van der Waals surface area contributed by atoms with Crippen LogP contribution in [-0.2, 0) is 24.4 Å². The van der Waals surface area contributed by atoms with Crippen LogP contribution >= 0.6 is 0 Å². The molecule has 2 aliphatic carbocycles. The van der Waals surface area contributed by atoms with Gasteiger partial charge in [-0.25, -0.2) is 0 Å². The second-order valence-corrected chi connectivity index (χ2v) is 9.07. The summed E-state index contributed by atoms with van der Waals surface area (Å²) >= 11 is 0. The molecule has 2 fully saturated rings. The van der Waals surface area contributed by atoms with Gasteiger partial charge in [0.05, 0.1) is 17.6 Å². The summed E-state index contributed by atoms with van der Waals surface area (Å²) in [4.78, 5) is 12.4. The lowest BCUT2D eigenvalue weighted by Gasteiger charge is -2.48. The van der Waals surface area contributed by atoms with Gasteiger partial charge in [0.25, 0.3) is 0 Å². The first-order valence-corrected chi connectivity index (χ1v) is 10.1. The maximum Gasteiger partial charge on any atom is 0.428 e. The van der Waals surface area contributed by atoms with Crippen molar-refractivity contribution >= 4 is 16.1 Å². The van der Waals surface area contributed by atoms with Crippen molar-refractivity contribution in [3.8, 4) is 0 Å². The second kappa shape index (κ2) is 7.70. The summed E-state index contributed by atoms with van der Waals surface area (Å²) < 4.78 is 65.2. The average Bonchev–Trinajstić information content (AvgIpc) is 2.56. The zero-order chi connectivity index (χ0) is 21.4. The number of esters is 1. The van der Waals surface area contributed by atoms with Crippen LogP contribution in [0.5, 0.6) is 0 Å². The lowest BCUT2D eigenvalue weighted by Crippen LogP contribution is -2.56. The van der Waals surface area contributed by atoms with Crippen molar-refractivity contribution < 1.29 is 56.4 Å². The Morgan fingerprint density at radius 2 is 1.64 bits per heavy atom. The van der Waals surface area contributed by atoms with Gasteiger partial charge in [0.1, 0.15) is 12.7 Å². The lowest BCUT2D eigenvalue weighted by atomic mass is 9.60. The summed E-state index contributed by atoms with van der Waals surface area (Å²) in [6, 6.07) is 0. The molecule has 0 heterocycles. The van der Waals surface area contributed by atoms with E-state index in [1.807, 2.05) is 0 Å². The molecule has 0 saturated heterocycles. The Balaban J connectivity index is 1.89. The van der Waals surface area contributed by atoms with E-state index in [2.05, 4.69) is 4.74 Å². The summed E-state index contributed by atoms with van der Waals surface area (Å²) in [6.07, 6.45) is -3.42. The molecule has 2 aliphatic rings. The van der Waals surface area contributed by atoms with Crippen LogP contribution in [0.25, 0.3) is 0 Å². The summed E-state index contributed by atoms with van der Waals surface area (Å²) in [6.45, 7) is -2.10. The standard InChI is InChI=1S/C15H24F2O10S/c16-14(17,15(21,22)28(23,24)25)27-8-10(18)7-26-11(19)12-3-1-5-13(20,9-12)6-2-4-12/h10,18,20-22H,1-9H2,(H,23,24,25). The van der Waals surface area contributed by atoms with E-state index >= 15 is 0 Å². The van der Waals surface area contributed by atoms with Gasteiger partial charge in [-0.1, -0.05) is 0 Å². The number of hydrogen-bond donors (Lipinski definition) is 5. The highest BCUT2D eigenvalue weighted by Crippen LogP contribution is 2.51. The van der Waals surface area contributed by atoms with E-state index in [-0.39, 0.29) is 6.42 Å². The average molecular weight is 434 g/mol. The van der Waals surface area contributed by atoms with E-state index in [1.54, 1.807) is 0 Å². The molecule has 2 rings (SSSR count). The van der Waals surface area contributed by atoms with Gasteiger partial charge < -0.3 is 29.9 Å². The van der Waals surface area contributed by atoms with Crippen molar-refractivity contribution in [1.82, 2.24) is 0 Å². The number of carbonyl (C=O) groups is 1. The Morgan fingerprint density at radius 3 is 2.14 bits per heavy atom. The number of alkyl halides is 2. The molecule has 1 unspecified atom stereocenters. The molecule has 0 aromatic rings. The molecule has 0 amide bonds. The molecular formula is C15H24F2O10S. The number of aliphatic hydroxyl groups is 4. The Bertz CT molecular complexity index is 683. The summed E-state index contributed by atoms with van der Waals surface area (Å²) in [7, 11) is -6.02. The van der Waals surface area contributed by atoms with E-state index in [0.29, 0.717) is 38.5 Å². The molecule has 0 aromatic heterocycles. The summed E-state index contributed by atoms with van der Waals surface area (Å²) in [5, 5.41) is 32.9. The molecule has 28 heavy (non-hydrogen) atoms. The number of hydrogen-bond acceptors (Lipinski definition) is 9. The smallest absolute Gasteiger partial charge is 0.428 e. The lowest BCUT2D eigenvalue weighted by molar-refractivity contribution is -0.365. The SMILES string of the molecule is O=C(OCC(O)COC(F)(F)C(O)(O)S(=O)(=O)O)C12CCCC(O)(CCC1)C2. The molecule has 10 nitrogen and oxygen atoms in total. The first kappa shape index (κ1) is 23.3. The van der Waals surface area contributed by atoms with Gasteiger partial charge in [-0.3, -0.25) is 9.35 Å². The maximum atomic E-state index is 13.4. The Kier molecular flexibility index (Phi) is 6.42. The molecule has 0 aliphatic heterocycles. The molecule has 164 valence electrons. The number of aliphatic hydroxyl groups excluding tert-OH is 1. The number of carbonyl (C=O) groups excluding carboxylic acids is 1. The van der Waals surface area contributed by atoms with Crippen LogP contribution in [0.4, 0.5) is 8.78 Å². The van der Waals surface area contributed by atoms with Crippen molar-refractivity contribution in [3.63, 3.8) is 0 Å². The molecule has 0 spiro atoms. The first-order valence-electron chi connectivity index (χ1n) is 8.65. The number of fused-ring (bicyclic) bond motifs is 2. The molecule has 1 atom stereocenters. The van der Waals surface area contributed by atoms with Crippen LogP contribution in [0.2, 0.25) is 0 Å². The highest BCUT2D eigenvalue weighted by molar-refractivity contribution is 7.86. The third-order valence-corrected chi connectivity index (χ3v) is 6.26. The zero-order valence-electron chi connectivity index (χ0n) is 14.9. The normalized spacial score (nSPS) is 30.0. The number of rotatable bonds is 8. The van der Waals surface area contributed by atoms with E-state index in [1.165, 1.54) is 0 Å². The summed E-state index contributed by atoms with van der Waals surface area (Å²) in [5.41, 5.74) is -1.85. The van der Waals surface area contributed by atoms with Gasteiger partial charge in [-0.15, -0.1) is 0 Å². The fraction of sp³-hybridized carbons (Fsp3) is 0.933. The number of halogens is 2. The van der Waals surface area contributed by atoms with Crippen molar-refractivity contribution in [2.45, 2.75) is 67.9 Å². The molecule has 0 radical (unpaired) electrons. The van der Waals surface area contributed by atoms with Gasteiger partial charge in [0.15, 0.2) is 0 Å². The summed E-state index contributed by atoms with van der Waals surface area (Å²) in [5.74, 6) is -0.687. The van der Waals surface area contributed by atoms with Gasteiger partial charge >= 0.3 is 27.3 Å². The van der Waals surface area contributed by atoms with Gasteiger partial charge in [0, 0.05) is 0 Å². The van der Waals surface area contributed by atoms with E-state index in [4.69, 9.17) is 19.5 Å². The van der Waals surface area contributed by atoms with Crippen molar-refractivity contribution in [3.05, 3.63) is 0 Å². The van der Waals surface area contributed by atoms with Gasteiger partial charge in [-0.05, 0) is 44.9 Å². The molecule has 0 aromatic carbocycles. The molecule has 2 bridgehead atoms. The highest BCUT2D eigenvalue weighted by Gasteiger charge is 2.63. The fourth-order valence-corrected chi connectivity index (χ4v) is 4.20. The molecule has 13 heteroatoms. The predicted octanol–water partition coefficient (Wildman–Crippen LogP) is -0.498. The Morgan fingerprint density at radius 1 is 1.11 bits per heavy atom. The third kappa shape index (κ3) is 4.61. The molecule has 5 N–H and O–H groups in total. The van der Waals surface area contributed by atoms with E-state index in [9.17, 15) is 32.2 Å². The van der Waals surface area contributed by atoms with E-state index < -0.39 is 57.6 Å².